The van der Waals surface area contributed by atoms with Crippen molar-refractivity contribution >= 4 is 59.7 Å². The number of benzene rings is 4. The van der Waals surface area contributed by atoms with Crippen LogP contribution in [-0.2, 0) is 0 Å². The Morgan fingerprint density at radius 1 is 0.593 bits per heavy atom. The number of halogens is 1. The normalized spacial score (nSPS) is 11.9. The number of rotatable bonds is 1. The van der Waals surface area contributed by atoms with Gasteiger partial charge in [0.15, 0.2) is 0 Å². The van der Waals surface area contributed by atoms with Crippen LogP contribution in [0.25, 0.3) is 49.4 Å². The van der Waals surface area contributed by atoms with Crippen LogP contribution in [0.2, 0.25) is 0 Å². The molecule has 27 heavy (non-hydrogen) atoms. The third kappa shape index (κ3) is 2.12. The second-order valence-corrected chi connectivity index (χ2v) is 7.71. The molecule has 6 aromatic rings. The van der Waals surface area contributed by atoms with Gasteiger partial charge in [0, 0.05) is 37.8 Å². The highest BCUT2D eigenvalue weighted by Crippen LogP contribution is 2.36. The molecule has 6 rings (SSSR count). The molecular weight excluding hydrogens is 398 g/mol. The Morgan fingerprint density at radius 3 is 2.22 bits per heavy atom. The van der Waals surface area contributed by atoms with Crippen molar-refractivity contribution < 1.29 is 4.42 Å². The fourth-order valence-corrected chi connectivity index (χ4v) is 4.42. The van der Waals surface area contributed by atoms with Gasteiger partial charge in [0.2, 0.25) is 0 Å². The molecule has 0 aliphatic heterocycles. The van der Waals surface area contributed by atoms with Crippen molar-refractivity contribution in [3.05, 3.63) is 89.4 Å². The van der Waals surface area contributed by atoms with E-state index in [-0.39, 0.29) is 0 Å². The molecule has 0 radical (unpaired) electrons. The van der Waals surface area contributed by atoms with Gasteiger partial charge in [-0.15, -0.1) is 0 Å². The number of hydrogen-bond donors (Lipinski definition) is 0. The summed E-state index contributed by atoms with van der Waals surface area (Å²) in [5.41, 5.74) is 5.32. The second-order valence-electron chi connectivity index (χ2n) is 6.79. The molecule has 4 aromatic carbocycles. The van der Waals surface area contributed by atoms with E-state index in [0.717, 1.165) is 32.1 Å². The molecule has 0 saturated heterocycles. The summed E-state index contributed by atoms with van der Waals surface area (Å²) in [6.45, 7) is 0. The molecule has 0 amide bonds. The molecule has 3 heteroatoms. The fraction of sp³-hybridized carbons (Fsp3) is 0. The quantitative estimate of drug-likeness (QED) is 0.274. The van der Waals surface area contributed by atoms with Crippen molar-refractivity contribution in [1.82, 2.24) is 4.57 Å². The Balaban J connectivity index is 1.73. The predicted octanol–water partition coefficient (Wildman–Crippen LogP) is 7.45. The zero-order chi connectivity index (χ0) is 18.0. The van der Waals surface area contributed by atoms with Crippen molar-refractivity contribution in [3.8, 4) is 5.69 Å². The number of hydrogen-bond acceptors (Lipinski definition) is 1. The van der Waals surface area contributed by atoms with Gasteiger partial charge in [0.05, 0.1) is 11.0 Å². The summed E-state index contributed by atoms with van der Waals surface area (Å²) in [6, 6.07) is 29.7. The molecule has 0 aliphatic rings. The molecule has 0 spiro atoms. The van der Waals surface area contributed by atoms with Crippen LogP contribution in [0, 0.1) is 0 Å². The van der Waals surface area contributed by atoms with Crippen molar-refractivity contribution in [3.63, 3.8) is 0 Å². The first kappa shape index (κ1) is 15.1. The maximum absolute atomic E-state index is 6.12. The summed E-state index contributed by atoms with van der Waals surface area (Å²) >= 11 is 3.63. The fourth-order valence-electron chi connectivity index (χ4n) is 4.08. The van der Waals surface area contributed by atoms with Crippen LogP contribution < -0.4 is 0 Å². The van der Waals surface area contributed by atoms with Crippen LogP contribution in [-0.4, -0.2) is 4.57 Å². The SMILES string of the molecule is Brc1ccc2c3ccccc3n(-c3ccc4c(c3)oc3ccccc34)c2c1. The zero-order valence-corrected chi connectivity index (χ0v) is 15.9. The van der Waals surface area contributed by atoms with Gasteiger partial charge < -0.3 is 8.98 Å². The van der Waals surface area contributed by atoms with Crippen LogP contribution in [0.5, 0.6) is 0 Å². The smallest absolute Gasteiger partial charge is 0.137 e. The minimum Gasteiger partial charge on any atom is -0.456 e. The summed E-state index contributed by atoms with van der Waals surface area (Å²) < 4.78 is 9.50. The summed E-state index contributed by atoms with van der Waals surface area (Å²) in [6.07, 6.45) is 0. The molecule has 2 heterocycles. The Hall–Kier alpha value is -3.04. The molecule has 2 nitrogen and oxygen atoms in total. The molecular formula is C24H14BrNO. The van der Waals surface area contributed by atoms with Gasteiger partial charge in [-0.2, -0.15) is 0 Å². The molecule has 0 N–H and O–H groups in total. The maximum Gasteiger partial charge on any atom is 0.137 e. The van der Waals surface area contributed by atoms with Crippen LogP contribution in [0.3, 0.4) is 0 Å². The highest BCUT2D eigenvalue weighted by Gasteiger charge is 2.14. The monoisotopic (exact) mass is 411 g/mol. The molecule has 0 saturated carbocycles. The lowest BCUT2D eigenvalue weighted by Gasteiger charge is -2.08. The average molecular weight is 412 g/mol. The van der Waals surface area contributed by atoms with E-state index in [0.29, 0.717) is 0 Å². The molecule has 0 bridgehead atoms. The largest absolute Gasteiger partial charge is 0.456 e. The lowest BCUT2D eigenvalue weighted by atomic mass is 10.1. The Morgan fingerprint density at radius 2 is 1.30 bits per heavy atom. The van der Waals surface area contributed by atoms with Crippen LogP contribution in [0.1, 0.15) is 0 Å². The highest BCUT2D eigenvalue weighted by molar-refractivity contribution is 9.10. The standard InChI is InChI=1S/C24H14BrNO/c25-15-9-11-18-17-5-1-3-7-21(17)26(22(18)13-15)16-10-12-20-19-6-2-4-8-23(19)27-24(20)14-16/h1-14H. The van der Waals surface area contributed by atoms with Crippen molar-refractivity contribution in [2.24, 2.45) is 0 Å². The maximum atomic E-state index is 6.12. The van der Waals surface area contributed by atoms with Crippen LogP contribution in [0.15, 0.2) is 93.8 Å². The van der Waals surface area contributed by atoms with Crippen molar-refractivity contribution in [2.45, 2.75) is 0 Å². The van der Waals surface area contributed by atoms with Crippen molar-refractivity contribution in [1.29, 1.82) is 0 Å². The minimum absolute atomic E-state index is 0.912. The number of para-hydroxylation sites is 2. The van der Waals surface area contributed by atoms with Gasteiger partial charge in [-0.05, 0) is 36.4 Å². The van der Waals surface area contributed by atoms with E-state index in [2.05, 4.69) is 93.3 Å². The number of furan rings is 1. The Kier molecular flexibility index (Phi) is 3.06. The molecule has 0 unspecified atom stereocenters. The highest BCUT2D eigenvalue weighted by atomic mass is 79.9. The van der Waals surface area contributed by atoms with Gasteiger partial charge in [-0.25, -0.2) is 0 Å². The van der Waals surface area contributed by atoms with E-state index in [9.17, 15) is 0 Å². The average Bonchev–Trinajstić information content (AvgIpc) is 3.22. The summed E-state index contributed by atoms with van der Waals surface area (Å²) in [5.74, 6) is 0. The molecule has 0 fully saturated rings. The first-order chi connectivity index (χ1) is 13.3. The number of fused-ring (bicyclic) bond motifs is 6. The van der Waals surface area contributed by atoms with Gasteiger partial charge in [0.1, 0.15) is 11.2 Å². The minimum atomic E-state index is 0.912. The Bertz CT molecular complexity index is 1490. The molecule has 0 aliphatic carbocycles. The first-order valence-electron chi connectivity index (χ1n) is 8.90. The predicted molar refractivity (Wildman–Crippen MR) is 116 cm³/mol. The first-order valence-corrected chi connectivity index (χ1v) is 9.69. The van der Waals surface area contributed by atoms with Gasteiger partial charge in [-0.3, -0.25) is 0 Å². The van der Waals surface area contributed by atoms with E-state index in [1.54, 1.807) is 0 Å². The zero-order valence-electron chi connectivity index (χ0n) is 14.3. The van der Waals surface area contributed by atoms with E-state index >= 15 is 0 Å². The van der Waals surface area contributed by atoms with E-state index in [1.807, 2.05) is 12.1 Å². The lowest BCUT2D eigenvalue weighted by molar-refractivity contribution is 0.668. The summed E-state index contributed by atoms with van der Waals surface area (Å²) in [5, 5.41) is 4.81. The van der Waals surface area contributed by atoms with Gasteiger partial charge >= 0.3 is 0 Å². The van der Waals surface area contributed by atoms with Gasteiger partial charge in [0.25, 0.3) is 0 Å². The third-order valence-electron chi connectivity index (χ3n) is 5.26. The molecule has 0 atom stereocenters. The van der Waals surface area contributed by atoms with Gasteiger partial charge in [-0.1, -0.05) is 58.4 Å². The summed E-state index contributed by atoms with van der Waals surface area (Å²) in [4.78, 5) is 0. The van der Waals surface area contributed by atoms with E-state index < -0.39 is 0 Å². The van der Waals surface area contributed by atoms with Crippen molar-refractivity contribution in [2.75, 3.05) is 0 Å². The Labute approximate surface area is 163 Å². The lowest BCUT2D eigenvalue weighted by Crippen LogP contribution is -1.93. The third-order valence-corrected chi connectivity index (χ3v) is 5.75. The topological polar surface area (TPSA) is 18.1 Å². The van der Waals surface area contributed by atoms with E-state index in [1.165, 1.54) is 21.8 Å². The number of aromatic nitrogens is 1. The summed E-state index contributed by atoms with van der Waals surface area (Å²) in [7, 11) is 0. The van der Waals surface area contributed by atoms with E-state index in [4.69, 9.17) is 4.42 Å². The second kappa shape index (κ2) is 5.48. The molecule has 128 valence electrons. The number of nitrogens with zero attached hydrogens (tertiary/aromatic N) is 1. The van der Waals surface area contributed by atoms with Crippen LogP contribution >= 0.6 is 15.9 Å². The molecule has 2 aromatic heterocycles. The van der Waals surface area contributed by atoms with Crippen LogP contribution in [0.4, 0.5) is 0 Å².